The van der Waals surface area contributed by atoms with E-state index in [4.69, 9.17) is 0 Å². The van der Waals surface area contributed by atoms with Crippen LogP contribution in [0.5, 0.6) is 0 Å². The van der Waals surface area contributed by atoms with E-state index >= 15 is 0 Å². The van der Waals surface area contributed by atoms with Crippen molar-refractivity contribution in [3.63, 3.8) is 0 Å². The summed E-state index contributed by atoms with van der Waals surface area (Å²) in [4.78, 5) is 0. The van der Waals surface area contributed by atoms with Gasteiger partial charge in [0.05, 0.1) is 0 Å². The summed E-state index contributed by atoms with van der Waals surface area (Å²) in [6, 6.07) is 8.76. The summed E-state index contributed by atoms with van der Waals surface area (Å²) >= 11 is 0. The molecule has 17 heavy (non-hydrogen) atoms. The van der Waals surface area contributed by atoms with E-state index in [-0.39, 0.29) is 0 Å². The van der Waals surface area contributed by atoms with Gasteiger partial charge in [-0.25, -0.2) is 0 Å². The van der Waals surface area contributed by atoms with Gasteiger partial charge >= 0.3 is 0 Å². The minimum atomic E-state index is 0.612. The van der Waals surface area contributed by atoms with Crippen LogP contribution in [-0.4, -0.2) is 0 Å². The molecular weight excluding hydrogens is 204 g/mol. The molecule has 90 valence electrons. The molecule has 0 heterocycles. The molecule has 0 atom stereocenters. The molecule has 1 aromatic rings. The Morgan fingerprint density at radius 2 is 1.76 bits per heavy atom. The van der Waals surface area contributed by atoms with Gasteiger partial charge in [-0.3, -0.25) is 0 Å². The maximum Gasteiger partial charge on any atom is -0.0192 e. The van der Waals surface area contributed by atoms with Crippen molar-refractivity contribution >= 4 is 5.57 Å². The van der Waals surface area contributed by atoms with Crippen molar-refractivity contribution < 1.29 is 0 Å². The Kier molecular flexibility index (Phi) is 3.51. The molecule has 1 aromatic carbocycles. The molecule has 0 fully saturated rings. The van der Waals surface area contributed by atoms with Crippen molar-refractivity contribution in [3.8, 4) is 0 Å². The Balaban J connectivity index is 2.58. The summed E-state index contributed by atoms with van der Waals surface area (Å²) in [5, 5.41) is 0. The molecule has 0 heteroatoms. The van der Waals surface area contributed by atoms with Gasteiger partial charge in [-0.1, -0.05) is 49.8 Å². The quantitative estimate of drug-likeness (QED) is 0.654. The molecule has 1 aliphatic carbocycles. The Morgan fingerprint density at radius 3 is 2.41 bits per heavy atom. The second-order valence-corrected chi connectivity index (χ2v) is 5.29. The Hall–Kier alpha value is -1.30. The predicted molar refractivity (Wildman–Crippen MR) is 75.9 cm³/mol. The van der Waals surface area contributed by atoms with E-state index in [1.807, 2.05) is 0 Å². The highest BCUT2D eigenvalue weighted by atomic mass is 14.2. The summed E-state index contributed by atoms with van der Waals surface area (Å²) in [6.07, 6.45) is 4.76. The Morgan fingerprint density at radius 1 is 1.06 bits per heavy atom. The van der Waals surface area contributed by atoms with Crippen molar-refractivity contribution in [2.75, 3.05) is 0 Å². The summed E-state index contributed by atoms with van der Waals surface area (Å²) < 4.78 is 0. The summed E-state index contributed by atoms with van der Waals surface area (Å²) in [6.45, 7) is 9.08. The van der Waals surface area contributed by atoms with Crippen molar-refractivity contribution in [3.05, 3.63) is 52.6 Å². The molecule has 0 radical (unpaired) electrons. The molecule has 1 aliphatic rings. The van der Waals surface area contributed by atoms with Gasteiger partial charge in [0, 0.05) is 0 Å². The lowest BCUT2D eigenvalue weighted by atomic mass is 9.81. The van der Waals surface area contributed by atoms with Crippen LogP contribution in [0, 0.1) is 12.8 Å². The van der Waals surface area contributed by atoms with E-state index in [0.717, 1.165) is 0 Å². The van der Waals surface area contributed by atoms with Crippen LogP contribution in [0.1, 0.15) is 44.7 Å². The fourth-order valence-corrected chi connectivity index (χ4v) is 2.91. The number of allylic oxidation sites excluding steroid dienone is 4. The van der Waals surface area contributed by atoms with Crippen molar-refractivity contribution in [2.24, 2.45) is 5.92 Å². The molecule has 0 aromatic heterocycles. The van der Waals surface area contributed by atoms with Crippen LogP contribution in [0.25, 0.3) is 5.57 Å². The highest BCUT2D eigenvalue weighted by Crippen LogP contribution is 2.37. The van der Waals surface area contributed by atoms with Crippen molar-refractivity contribution in [1.82, 2.24) is 0 Å². The number of hydrogen-bond acceptors (Lipinski definition) is 0. The minimum absolute atomic E-state index is 0.612. The maximum absolute atomic E-state index is 2.39. The predicted octanol–water partition coefficient (Wildman–Crippen LogP) is 5.14. The number of hydrogen-bond donors (Lipinski definition) is 0. The molecular formula is C17H22. The average molecular weight is 226 g/mol. The number of rotatable bonds is 2. The third kappa shape index (κ3) is 2.36. The molecule has 0 bridgehead atoms. The van der Waals surface area contributed by atoms with Crippen molar-refractivity contribution in [1.29, 1.82) is 0 Å². The van der Waals surface area contributed by atoms with Gasteiger partial charge in [0.2, 0.25) is 0 Å². The van der Waals surface area contributed by atoms with Crippen LogP contribution in [0.3, 0.4) is 0 Å². The number of benzene rings is 1. The van der Waals surface area contributed by atoms with Crippen molar-refractivity contribution in [2.45, 2.75) is 40.5 Å². The zero-order valence-electron chi connectivity index (χ0n) is 11.4. The Labute approximate surface area is 105 Å². The molecule has 0 saturated carbocycles. The van der Waals surface area contributed by atoms with Crippen LogP contribution in [0.2, 0.25) is 0 Å². The van der Waals surface area contributed by atoms with Crippen LogP contribution in [0.4, 0.5) is 0 Å². The summed E-state index contributed by atoms with van der Waals surface area (Å²) in [5.41, 5.74) is 7.45. The van der Waals surface area contributed by atoms with E-state index in [9.17, 15) is 0 Å². The molecule has 0 saturated heterocycles. The van der Waals surface area contributed by atoms with Gasteiger partial charge in [0.15, 0.2) is 0 Å². The van der Waals surface area contributed by atoms with Crippen LogP contribution < -0.4 is 0 Å². The van der Waals surface area contributed by atoms with Crippen LogP contribution in [-0.2, 0) is 0 Å². The van der Waals surface area contributed by atoms with E-state index in [2.05, 4.69) is 58.0 Å². The smallest absolute Gasteiger partial charge is 0.0192 e. The zero-order chi connectivity index (χ0) is 12.4. The monoisotopic (exact) mass is 226 g/mol. The molecule has 0 aliphatic heterocycles. The molecule has 0 spiro atoms. The van der Waals surface area contributed by atoms with Gasteiger partial charge in [-0.2, -0.15) is 0 Å². The van der Waals surface area contributed by atoms with Gasteiger partial charge in [-0.15, -0.1) is 0 Å². The fourth-order valence-electron chi connectivity index (χ4n) is 2.91. The highest BCUT2D eigenvalue weighted by molar-refractivity contribution is 5.75. The third-order valence-electron chi connectivity index (χ3n) is 3.64. The minimum Gasteiger partial charge on any atom is -0.0810 e. The Bertz CT molecular complexity index is 473. The molecule has 0 nitrogen and oxygen atoms in total. The average Bonchev–Trinajstić information content (AvgIpc) is 2.28. The first-order valence-electron chi connectivity index (χ1n) is 6.57. The lowest BCUT2D eigenvalue weighted by Gasteiger charge is -2.24. The highest BCUT2D eigenvalue weighted by Gasteiger charge is 2.18. The normalized spacial score (nSPS) is 16.4. The first-order valence-corrected chi connectivity index (χ1v) is 6.57. The molecule has 0 N–H and O–H groups in total. The second kappa shape index (κ2) is 4.91. The second-order valence-electron chi connectivity index (χ2n) is 5.29. The zero-order valence-corrected chi connectivity index (χ0v) is 11.4. The first-order chi connectivity index (χ1) is 8.11. The summed E-state index contributed by atoms with van der Waals surface area (Å²) in [5.74, 6) is 0.612. The van der Waals surface area contributed by atoms with Crippen LogP contribution >= 0.6 is 0 Å². The van der Waals surface area contributed by atoms with E-state index in [1.165, 1.54) is 29.5 Å². The van der Waals surface area contributed by atoms with Crippen LogP contribution in [0.15, 0.2) is 41.5 Å². The van der Waals surface area contributed by atoms with Gasteiger partial charge in [0.1, 0.15) is 0 Å². The third-order valence-corrected chi connectivity index (χ3v) is 3.64. The molecule has 0 amide bonds. The van der Waals surface area contributed by atoms with E-state index in [0.29, 0.717) is 5.92 Å². The number of aryl methyl sites for hydroxylation is 1. The molecule has 0 unspecified atom stereocenters. The standard InChI is InChI=1S/C17H22/c1-12(2)17-14(4)9-7-11-16(17)15-10-6-5-8-13(15)3/h5-6,8-10,12H,7,11H2,1-4H3. The lowest BCUT2D eigenvalue weighted by Crippen LogP contribution is -2.06. The fraction of sp³-hybridized carbons (Fsp3) is 0.412. The van der Waals surface area contributed by atoms with Gasteiger partial charge < -0.3 is 0 Å². The largest absolute Gasteiger partial charge is 0.0810 e. The maximum atomic E-state index is 2.39. The SMILES string of the molecule is CC1=CCCC(c2ccccc2C)=C1C(C)C. The van der Waals surface area contributed by atoms with E-state index in [1.54, 1.807) is 11.1 Å². The van der Waals surface area contributed by atoms with E-state index < -0.39 is 0 Å². The summed E-state index contributed by atoms with van der Waals surface area (Å²) in [7, 11) is 0. The first kappa shape index (κ1) is 12.2. The topological polar surface area (TPSA) is 0 Å². The van der Waals surface area contributed by atoms with Gasteiger partial charge in [-0.05, 0) is 54.9 Å². The molecule has 2 rings (SSSR count). The lowest BCUT2D eigenvalue weighted by molar-refractivity contribution is 0.763. The van der Waals surface area contributed by atoms with Gasteiger partial charge in [0.25, 0.3) is 0 Å².